The third kappa shape index (κ3) is 2.66. The normalized spacial score (nSPS) is 11.0. The lowest BCUT2D eigenvalue weighted by atomic mass is 10.1. The van der Waals surface area contributed by atoms with Gasteiger partial charge in [-0.05, 0) is 35.9 Å². The highest BCUT2D eigenvalue weighted by molar-refractivity contribution is 7.21. The second-order valence-corrected chi connectivity index (χ2v) is 6.21. The van der Waals surface area contributed by atoms with Crippen molar-refractivity contribution in [1.29, 1.82) is 0 Å². The quantitative estimate of drug-likeness (QED) is 0.580. The minimum atomic E-state index is -0.237. The van der Waals surface area contributed by atoms with Gasteiger partial charge in [-0.3, -0.25) is 0 Å². The van der Waals surface area contributed by atoms with Gasteiger partial charge in [0.05, 0.1) is 10.2 Å². The first-order valence-electron chi connectivity index (χ1n) is 7.07. The molecule has 0 bridgehead atoms. The molecule has 0 spiro atoms. The zero-order valence-electron chi connectivity index (χ0n) is 12.0. The number of fused-ring (bicyclic) bond motifs is 1. The van der Waals surface area contributed by atoms with Gasteiger partial charge in [-0.25, -0.2) is 14.4 Å². The molecule has 4 aromatic rings. The van der Waals surface area contributed by atoms with Crippen LogP contribution in [0.3, 0.4) is 0 Å². The number of thiazole rings is 1. The molecule has 0 fully saturated rings. The van der Waals surface area contributed by atoms with Gasteiger partial charge in [0.2, 0.25) is 0 Å². The molecule has 0 radical (unpaired) electrons. The number of hydrogen-bond acceptors (Lipinski definition) is 4. The van der Waals surface area contributed by atoms with Crippen LogP contribution >= 0.6 is 11.3 Å². The van der Waals surface area contributed by atoms with Crippen molar-refractivity contribution in [2.24, 2.45) is 0 Å². The first kappa shape index (κ1) is 13.8. The zero-order valence-corrected chi connectivity index (χ0v) is 12.8. The maximum absolute atomic E-state index is 13.3. The number of nitrogens with zero attached hydrogens (tertiary/aromatic N) is 2. The van der Waals surface area contributed by atoms with E-state index in [-0.39, 0.29) is 5.82 Å². The number of hydrogen-bond donors (Lipinski definition) is 1. The lowest BCUT2D eigenvalue weighted by molar-refractivity contribution is 0.630. The van der Waals surface area contributed by atoms with Gasteiger partial charge in [-0.2, -0.15) is 0 Å². The highest BCUT2D eigenvalue weighted by Crippen LogP contribution is 2.31. The van der Waals surface area contributed by atoms with Gasteiger partial charge < -0.3 is 5.73 Å². The molecule has 23 heavy (non-hydrogen) atoms. The Bertz CT molecular complexity index is 976. The second kappa shape index (κ2) is 5.44. The van der Waals surface area contributed by atoms with E-state index in [0.29, 0.717) is 5.82 Å². The number of anilines is 1. The van der Waals surface area contributed by atoms with E-state index in [0.717, 1.165) is 31.9 Å². The van der Waals surface area contributed by atoms with Gasteiger partial charge in [-0.1, -0.05) is 24.3 Å². The second-order valence-electron chi connectivity index (χ2n) is 5.18. The van der Waals surface area contributed by atoms with Crippen LogP contribution < -0.4 is 5.73 Å². The summed E-state index contributed by atoms with van der Waals surface area (Å²) in [6.07, 6.45) is 1.75. The van der Waals surface area contributed by atoms with Crippen LogP contribution in [-0.2, 0) is 0 Å². The van der Waals surface area contributed by atoms with Crippen molar-refractivity contribution in [3.8, 4) is 21.7 Å². The molecule has 0 atom stereocenters. The van der Waals surface area contributed by atoms with Crippen molar-refractivity contribution in [2.75, 3.05) is 5.73 Å². The Morgan fingerprint density at radius 1 is 0.870 bits per heavy atom. The summed E-state index contributed by atoms with van der Waals surface area (Å²) >= 11 is 1.49. The molecular formula is C18H12FN3S. The van der Waals surface area contributed by atoms with E-state index in [1.54, 1.807) is 18.3 Å². The smallest absolute Gasteiger partial charge is 0.124 e. The molecular weight excluding hydrogens is 309 g/mol. The Morgan fingerprint density at radius 3 is 2.35 bits per heavy atom. The third-order valence-corrected chi connectivity index (χ3v) is 4.67. The van der Waals surface area contributed by atoms with E-state index in [9.17, 15) is 4.39 Å². The number of pyridine rings is 1. The van der Waals surface area contributed by atoms with Gasteiger partial charge in [0.1, 0.15) is 16.6 Å². The van der Waals surface area contributed by atoms with E-state index in [2.05, 4.69) is 9.97 Å². The molecule has 2 aromatic carbocycles. The summed E-state index contributed by atoms with van der Waals surface area (Å²) < 4.78 is 14.1. The molecule has 112 valence electrons. The third-order valence-electron chi connectivity index (χ3n) is 3.60. The summed E-state index contributed by atoms with van der Waals surface area (Å²) in [7, 11) is 0. The number of halogens is 1. The molecule has 0 amide bonds. The number of benzene rings is 2. The first-order valence-corrected chi connectivity index (χ1v) is 7.89. The van der Waals surface area contributed by atoms with E-state index in [4.69, 9.17) is 5.73 Å². The SMILES string of the molecule is Nc1ccc(-c2ccc(-c3nc4ccc(F)cc4s3)cc2)cn1. The van der Waals surface area contributed by atoms with E-state index < -0.39 is 0 Å². The van der Waals surface area contributed by atoms with Crippen LogP contribution in [0.25, 0.3) is 31.9 Å². The predicted molar refractivity (Wildman–Crippen MR) is 92.7 cm³/mol. The van der Waals surface area contributed by atoms with Crippen molar-refractivity contribution >= 4 is 27.4 Å². The Morgan fingerprint density at radius 2 is 1.61 bits per heavy atom. The molecule has 0 saturated carbocycles. The molecule has 0 aliphatic heterocycles. The fraction of sp³-hybridized carbons (Fsp3) is 0. The van der Waals surface area contributed by atoms with Gasteiger partial charge in [0.25, 0.3) is 0 Å². The molecule has 5 heteroatoms. The number of nitrogen functional groups attached to an aromatic ring is 1. The van der Waals surface area contributed by atoms with Crippen LogP contribution in [0.5, 0.6) is 0 Å². The van der Waals surface area contributed by atoms with E-state index in [1.165, 1.54) is 23.5 Å². The maximum atomic E-state index is 13.3. The topological polar surface area (TPSA) is 51.8 Å². The van der Waals surface area contributed by atoms with Crippen LogP contribution in [0.2, 0.25) is 0 Å². The summed E-state index contributed by atoms with van der Waals surface area (Å²) in [5.74, 6) is 0.269. The van der Waals surface area contributed by atoms with Gasteiger partial charge in [0, 0.05) is 17.3 Å². The highest BCUT2D eigenvalue weighted by atomic mass is 32.1. The Hall–Kier alpha value is -2.79. The fourth-order valence-electron chi connectivity index (χ4n) is 2.40. The van der Waals surface area contributed by atoms with Crippen LogP contribution in [-0.4, -0.2) is 9.97 Å². The molecule has 2 aromatic heterocycles. The van der Waals surface area contributed by atoms with E-state index >= 15 is 0 Å². The molecule has 0 saturated heterocycles. The highest BCUT2D eigenvalue weighted by Gasteiger charge is 2.07. The molecule has 4 rings (SSSR count). The largest absolute Gasteiger partial charge is 0.384 e. The van der Waals surface area contributed by atoms with Crippen molar-refractivity contribution in [2.45, 2.75) is 0 Å². The lowest BCUT2D eigenvalue weighted by Gasteiger charge is -2.03. The molecule has 3 nitrogen and oxygen atoms in total. The number of rotatable bonds is 2. The average molecular weight is 321 g/mol. The summed E-state index contributed by atoms with van der Waals surface area (Å²) in [6, 6.07) is 16.5. The fourth-order valence-corrected chi connectivity index (χ4v) is 3.40. The minimum absolute atomic E-state index is 0.237. The van der Waals surface area contributed by atoms with Crippen LogP contribution in [0, 0.1) is 5.82 Å². The van der Waals surface area contributed by atoms with Crippen molar-refractivity contribution in [3.63, 3.8) is 0 Å². The Labute approximate surface area is 136 Å². The summed E-state index contributed by atoms with van der Waals surface area (Å²) in [4.78, 5) is 8.67. The van der Waals surface area contributed by atoms with E-state index in [1.807, 2.05) is 30.3 Å². The summed E-state index contributed by atoms with van der Waals surface area (Å²) in [5, 5.41) is 0.882. The standard InChI is InChI=1S/C18H12FN3S/c19-14-6-7-15-16(9-14)23-18(22-15)12-3-1-11(2-4-12)13-5-8-17(20)21-10-13/h1-10H,(H2,20,21). The van der Waals surface area contributed by atoms with Crippen molar-refractivity contribution in [1.82, 2.24) is 9.97 Å². The Balaban J connectivity index is 1.70. The summed E-state index contributed by atoms with van der Waals surface area (Å²) in [6.45, 7) is 0. The zero-order chi connectivity index (χ0) is 15.8. The van der Waals surface area contributed by atoms with Gasteiger partial charge in [-0.15, -0.1) is 11.3 Å². The van der Waals surface area contributed by atoms with Crippen molar-refractivity contribution < 1.29 is 4.39 Å². The average Bonchev–Trinajstić information content (AvgIpc) is 2.99. The van der Waals surface area contributed by atoms with Crippen molar-refractivity contribution in [3.05, 3.63) is 66.6 Å². The molecule has 0 unspecified atom stereocenters. The molecule has 0 aliphatic rings. The predicted octanol–water partition coefficient (Wildman–Crippen LogP) is 4.75. The number of aromatic nitrogens is 2. The van der Waals surface area contributed by atoms with Gasteiger partial charge in [0.15, 0.2) is 0 Å². The molecule has 0 aliphatic carbocycles. The number of nitrogens with two attached hydrogens (primary N) is 1. The van der Waals surface area contributed by atoms with Crippen LogP contribution in [0.15, 0.2) is 60.8 Å². The van der Waals surface area contributed by atoms with Crippen LogP contribution in [0.4, 0.5) is 10.2 Å². The first-order chi connectivity index (χ1) is 11.2. The molecule has 2 N–H and O–H groups in total. The summed E-state index contributed by atoms with van der Waals surface area (Å²) in [5.41, 5.74) is 9.51. The van der Waals surface area contributed by atoms with Crippen LogP contribution in [0.1, 0.15) is 0 Å². The monoisotopic (exact) mass is 321 g/mol. The molecule has 2 heterocycles. The Kier molecular flexibility index (Phi) is 3.28. The lowest BCUT2D eigenvalue weighted by Crippen LogP contribution is -1.88. The maximum Gasteiger partial charge on any atom is 0.124 e. The minimum Gasteiger partial charge on any atom is -0.384 e. The van der Waals surface area contributed by atoms with Gasteiger partial charge >= 0.3 is 0 Å².